The van der Waals surface area contributed by atoms with Gasteiger partial charge in [-0.1, -0.05) is 11.6 Å². The summed E-state index contributed by atoms with van der Waals surface area (Å²) in [7, 11) is 0. The number of rotatable bonds is 1. The fourth-order valence-corrected chi connectivity index (χ4v) is 2.56. The summed E-state index contributed by atoms with van der Waals surface area (Å²) < 4.78 is 0. The Hall–Kier alpha value is -1.09. The number of nitrogens with zero attached hydrogens (tertiary/aromatic N) is 1. The van der Waals surface area contributed by atoms with Gasteiger partial charge >= 0.3 is 0 Å². The van der Waals surface area contributed by atoms with Crippen LogP contribution in [0.15, 0.2) is 0 Å². The summed E-state index contributed by atoms with van der Waals surface area (Å²) in [6.07, 6.45) is 4.10. The number of halogens is 1. The van der Waals surface area contributed by atoms with Gasteiger partial charge in [-0.25, -0.2) is 4.98 Å². The van der Waals surface area contributed by atoms with E-state index >= 15 is 0 Å². The van der Waals surface area contributed by atoms with Crippen molar-refractivity contribution in [3.8, 4) is 0 Å². The Kier molecular flexibility index (Phi) is 2.65. The first kappa shape index (κ1) is 10.4. The largest absolute Gasteiger partial charge is 0.365 e. The van der Waals surface area contributed by atoms with Crippen molar-refractivity contribution in [1.82, 2.24) is 4.98 Å². The lowest BCUT2D eigenvalue weighted by molar-refractivity contribution is 0.0999. The number of hydrogen-bond acceptors (Lipinski definition) is 2. The average molecular weight is 225 g/mol. The number of carbonyl (C=O) groups is 1. The quantitative estimate of drug-likeness (QED) is 0.742. The molecule has 1 aromatic heterocycles. The topological polar surface area (TPSA) is 56.0 Å². The summed E-state index contributed by atoms with van der Waals surface area (Å²) >= 11 is 5.95. The molecule has 0 bridgehead atoms. The monoisotopic (exact) mass is 224 g/mol. The van der Waals surface area contributed by atoms with Gasteiger partial charge in [-0.3, -0.25) is 4.79 Å². The Morgan fingerprint density at radius 3 is 2.53 bits per heavy atom. The number of carbonyl (C=O) groups excluding carboxylic acids is 1. The lowest BCUT2D eigenvalue weighted by Gasteiger charge is -2.20. The van der Waals surface area contributed by atoms with Gasteiger partial charge in [-0.2, -0.15) is 0 Å². The van der Waals surface area contributed by atoms with Crippen LogP contribution in [0.5, 0.6) is 0 Å². The number of aryl methyl sites for hydroxylation is 1. The Morgan fingerprint density at radius 1 is 1.33 bits per heavy atom. The molecular weight excluding hydrogens is 212 g/mol. The summed E-state index contributed by atoms with van der Waals surface area (Å²) in [5.74, 6) is -0.467. The molecule has 1 heterocycles. The second-order valence-electron chi connectivity index (χ2n) is 3.89. The molecule has 0 unspecified atom stereocenters. The van der Waals surface area contributed by atoms with Crippen LogP contribution in [0.4, 0.5) is 0 Å². The smallest absolute Gasteiger partial charge is 0.252 e. The first-order valence-corrected chi connectivity index (χ1v) is 5.46. The first-order valence-electron chi connectivity index (χ1n) is 5.09. The Bertz CT molecular complexity index is 429. The van der Waals surface area contributed by atoms with E-state index in [9.17, 15) is 4.79 Å². The van der Waals surface area contributed by atoms with E-state index in [1.54, 1.807) is 0 Å². The normalized spacial score (nSPS) is 14.8. The molecule has 1 aliphatic rings. The Balaban J connectivity index is 2.68. The maximum Gasteiger partial charge on any atom is 0.252 e. The third-order valence-corrected chi connectivity index (χ3v) is 3.20. The predicted molar refractivity (Wildman–Crippen MR) is 59.1 cm³/mol. The van der Waals surface area contributed by atoms with E-state index in [1.807, 2.05) is 6.92 Å². The first-order chi connectivity index (χ1) is 7.11. The molecule has 0 saturated heterocycles. The van der Waals surface area contributed by atoms with Crippen LogP contribution in [0.3, 0.4) is 0 Å². The lowest BCUT2D eigenvalue weighted by Crippen LogP contribution is -2.19. The standard InChI is InChI=1S/C11H13ClN2O/c1-6-7-4-2-3-5-8(7)9(11(13)15)10(12)14-6/h2-5H2,1H3,(H2,13,15). The van der Waals surface area contributed by atoms with Crippen molar-refractivity contribution in [2.24, 2.45) is 5.73 Å². The molecule has 80 valence electrons. The lowest BCUT2D eigenvalue weighted by atomic mass is 9.88. The van der Waals surface area contributed by atoms with E-state index in [2.05, 4.69) is 4.98 Å². The minimum atomic E-state index is -0.467. The minimum Gasteiger partial charge on any atom is -0.365 e. The zero-order valence-corrected chi connectivity index (χ0v) is 9.40. The van der Waals surface area contributed by atoms with Crippen LogP contribution < -0.4 is 5.73 Å². The molecule has 4 heteroatoms. The van der Waals surface area contributed by atoms with Gasteiger partial charge in [0.1, 0.15) is 5.15 Å². The Morgan fingerprint density at radius 2 is 1.93 bits per heavy atom. The molecule has 0 radical (unpaired) electrons. The van der Waals surface area contributed by atoms with Crippen molar-refractivity contribution in [3.05, 3.63) is 27.5 Å². The van der Waals surface area contributed by atoms with E-state index in [1.165, 1.54) is 5.56 Å². The second-order valence-corrected chi connectivity index (χ2v) is 4.25. The number of fused-ring (bicyclic) bond motifs is 1. The SMILES string of the molecule is Cc1nc(Cl)c(C(N)=O)c2c1CCCC2. The third kappa shape index (κ3) is 1.72. The molecule has 0 aliphatic heterocycles. The molecule has 1 aromatic rings. The van der Waals surface area contributed by atoms with Crippen molar-refractivity contribution >= 4 is 17.5 Å². The van der Waals surface area contributed by atoms with Crippen LogP contribution >= 0.6 is 11.6 Å². The molecule has 3 nitrogen and oxygen atoms in total. The average Bonchev–Trinajstić information content (AvgIpc) is 2.17. The highest BCUT2D eigenvalue weighted by Crippen LogP contribution is 2.29. The van der Waals surface area contributed by atoms with Gasteiger partial charge in [0.25, 0.3) is 5.91 Å². The van der Waals surface area contributed by atoms with Crippen molar-refractivity contribution in [3.63, 3.8) is 0 Å². The molecule has 1 amide bonds. The van der Waals surface area contributed by atoms with Gasteiger partial charge in [0.15, 0.2) is 0 Å². The number of aromatic nitrogens is 1. The van der Waals surface area contributed by atoms with Gasteiger partial charge < -0.3 is 5.73 Å². The fraction of sp³-hybridized carbons (Fsp3) is 0.455. The molecule has 2 N–H and O–H groups in total. The zero-order valence-electron chi connectivity index (χ0n) is 8.64. The van der Waals surface area contributed by atoms with Crippen LogP contribution in [-0.4, -0.2) is 10.9 Å². The number of amides is 1. The van der Waals surface area contributed by atoms with Crippen LogP contribution in [-0.2, 0) is 12.8 Å². The summed E-state index contributed by atoms with van der Waals surface area (Å²) in [5.41, 5.74) is 8.87. The molecule has 0 spiro atoms. The molecule has 0 fully saturated rings. The van der Waals surface area contributed by atoms with Gasteiger partial charge in [0.05, 0.1) is 5.56 Å². The van der Waals surface area contributed by atoms with E-state index in [0.717, 1.165) is 36.9 Å². The number of hydrogen-bond donors (Lipinski definition) is 1. The van der Waals surface area contributed by atoms with Gasteiger partial charge in [0.2, 0.25) is 0 Å². The predicted octanol–water partition coefficient (Wildman–Crippen LogP) is 2.02. The highest BCUT2D eigenvalue weighted by molar-refractivity contribution is 6.32. The summed E-state index contributed by atoms with van der Waals surface area (Å²) in [6.45, 7) is 1.93. The van der Waals surface area contributed by atoms with Gasteiger partial charge in [-0.05, 0) is 43.7 Å². The second kappa shape index (κ2) is 3.81. The highest BCUT2D eigenvalue weighted by atomic mass is 35.5. The van der Waals surface area contributed by atoms with Gasteiger partial charge in [-0.15, -0.1) is 0 Å². The minimum absolute atomic E-state index is 0.251. The molecule has 1 aliphatic carbocycles. The van der Waals surface area contributed by atoms with Gasteiger partial charge in [0, 0.05) is 5.69 Å². The van der Waals surface area contributed by atoms with Crippen molar-refractivity contribution in [1.29, 1.82) is 0 Å². The van der Waals surface area contributed by atoms with Crippen LogP contribution in [0, 0.1) is 6.92 Å². The molecule has 0 atom stereocenters. The highest BCUT2D eigenvalue weighted by Gasteiger charge is 2.22. The van der Waals surface area contributed by atoms with E-state index in [-0.39, 0.29) is 5.15 Å². The van der Waals surface area contributed by atoms with Crippen molar-refractivity contribution < 1.29 is 4.79 Å². The number of nitrogens with two attached hydrogens (primary N) is 1. The third-order valence-electron chi connectivity index (χ3n) is 2.92. The molecule has 0 aromatic carbocycles. The number of primary amides is 1. The summed E-state index contributed by atoms with van der Waals surface area (Å²) in [6, 6.07) is 0. The van der Waals surface area contributed by atoms with Crippen LogP contribution in [0.1, 0.15) is 40.0 Å². The molecule has 15 heavy (non-hydrogen) atoms. The zero-order chi connectivity index (χ0) is 11.0. The summed E-state index contributed by atoms with van der Waals surface area (Å²) in [5, 5.41) is 0.251. The maximum absolute atomic E-state index is 11.3. The number of pyridine rings is 1. The van der Waals surface area contributed by atoms with Crippen molar-refractivity contribution in [2.45, 2.75) is 32.6 Å². The van der Waals surface area contributed by atoms with E-state index < -0.39 is 5.91 Å². The van der Waals surface area contributed by atoms with Crippen LogP contribution in [0.2, 0.25) is 5.15 Å². The molecule has 2 rings (SSSR count). The maximum atomic E-state index is 11.3. The Labute approximate surface area is 93.6 Å². The molecular formula is C11H13ClN2O. The molecule has 0 saturated carbocycles. The van der Waals surface area contributed by atoms with Crippen molar-refractivity contribution in [2.75, 3.05) is 0 Å². The van der Waals surface area contributed by atoms with Crippen LogP contribution in [0.25, 0.3) is 0 Å². The fourth-order valence-electron chi connectivity index (χ4n) is 2.23. The summed E-state index contributed by atoms with van der Waals surface area (Å²) in [4.78, 5) is 15.5. The van der Waals surface area contributed by atoms with E-state index in [4.69, 9.17) is 17.3 Å². The van der Waals surface area contributed by atoms with E-state index in [0.29, 0.717) is 5.56 Å².